The minimum atomic E-state index is -2.97. The number of nitrogens with one attached hydrogen (secondary N) is 2. The van der Waals surface area contributed by atoms with Crippen LogP contribution in [0.5, 0.6) is 0 Å². The smallest absolute Gasteiger partial charge is 0.191 e. The first-order valence-corrected chi connectivity index (χ1v) is 12.5. The van der Waals surface area contributed by atoms with Gasteiger partial charge in [-0.15, -0.1) is 0 Å². The van der Waals surface area contributed by atoms with E-state index in [0.29, 0.717) is 19.2 Å². The minimum Gasteiger partial charge on any atom is -0.378 e. The monoisotopic (exact) mass is 424 g/mol. The Balaban J connectivity index is 1.71. The van der Waals surface area contributed by atoms with Gasteiger partial charge >= 0.3 is 0 Å². The van der Waals surface area contributed by atoms with E-state index in [2.05, 4.69) is 51.7 Å². The van der Waals surface area contributed by atoms with Crippen LogP contribution in [0.25, 0.3) is 0 Å². The molecule has 2 N–H and O–H groups in total. The number of aryl methyl sites for hydroxylation is 1. The van der Waals surface area contributed by atoms with E-state index in [1.54, 1.807) is 0 Å². The quantitative estimate of drug-likeness (QED) is 0.337. The molecular weight excluding hydrogens is 388 g/mol. The van der Waals surface area contributed by atoms with Gasteiger partial charge in [0.2, 0.25) is 0 Å². The Bertz CT molecular complexity index is 744. The van der Waals surface area contributed by atoms with E-state index in [1.165, 1.54) is 17.4 Å². The van der Waals surface area contributed by atoms with Crippen molar-refractivity contribution in [3.63, 3.8) is 0 Å². The lowest BCUT2D eigenvalue weighted by molar-refractivity contribution is 0.157. The molecule has 29 heavy (non-hydrogen) atoms. The standard InChI is InChI=1S/C21H36N4O3S/c1-4-22-21(23-10-13-28-14-15-29(3,26)27)24-20-8-11-25(12-9-20)17-19-7-5-6-18(2)16-19/h5-7,16,20H,4,8-15,17H2,1-3H3,(H2,22,23,24). The number of piperidine rings is 1. The second kappa shape index (κ2) is 12.1. The number of aliphatic imine (C=N–C) groups is 1. The molecule has 0 aromatic heterocycles. The second-order valence-corrected chi connectivity index (χ2v) is 9.95. The van der Waals surface area contributed by atoms with Gasteiger partial charge in [0.05, 0.1) is 25.5 Å². The third kappa shape index (κ3) is 10.1. The summed E-state index contributed by atoms with van der Waals surface area (Å²) in [5.41, 5.74) is 2.69. The minimum absolute atomic E-state index is 0.0517. The van der Waals surface area contributed by atoms with Crippen molar-refractivity contribution < 1.29 is 13.2 Å². The molecule has 1 aromatic rings. The van der Waals surface area contributed by atoms with Gasteiger partial charge in [-0.3, -0.25) is 9.89 Å². The normalized spacial score (nSPS) is 16.7. The van der Waals surface area contributed by atoms with Crippen LogP contribution in [0.4, 0.5) is 0 Å². The van der Waals surface area contributed by atoms with Crippen LogP contribution in [-0.2, 0) is 21.1 Å². The van der Waals surface area contributed by atoms with Crippen molar-refractivity contribution in [1.82, 2.24) is 15.5 Å². The SMILES string of the molecule is CCNC(=NCCOCCS(C)(=O)=O)NC1CCN(Cc2cccc(C)c2)CC1. The largest absolute Gasteiger partial charge is 0.378 e. The van der Waals surface area contributed by atoms with E-state index in [9.17, 15) is 8.42 Å². The third-order valence-corrected chi connectivity index (χ3v) is 5.77. The number of hydrogen-bond acceptors (Lipinski definition) is 5. The Hall–Kier alpha value is -1.64. The molecule has 164 valence electrons. The van der Waals surface area contributed by atoms with Crippen molar-refractivity contribution in [1.29, 1.82) is 0 Å². The molecule has 0 saturated carbocycles. The van der Waals surface area contributed by atoms with Gasteiger partial charge < -0.3 is 15.4 Å². The zero-order chi connectivity index (χ0) is 21.1. The van der Waals surface area contributed by atoms with Gasteiger partial charge in [-0.25, -0.2) is 8.42 Å². The number of sulfone groups is 1. The van der Waals surface area contributed by atoms with Crippen molar-refractivity contribution in [3.05, 3.63) is 35.4 Å². The van der Waals surface area contributed by atoms with Crippen LogP contribution in [0.2, 0.25) is 0 Å². The molecule has 1 heterocycles. The summed E-state index contributed by atoms with van der Waals surface area (Å²) in [6.07, 6.45) is 3.38. The zero-order valence-corrected chi connectivity index (χ0v) is 18.8. The van der Waals surface area contributed by atoms with E-state index in [1.807, 2.05) is 6.92 Å². The number of guanidine groups is 1. The predicted octanol–water partition coefficient (Wildman–Crippen LogP) is 1.58. The topological polar surface area (TPSA) is 83.0 Å². The lowest BCUT2D eigenvalue weighted by atomic mass is 10.0. The molecular formula is C21H36N4O3S. The van der Waals surface area contributed by atoms with E-state index < -0.39 is 9.84 Å². The van der Waals surface area contributed by atoms with Gasteiger partial charge in [-0.2, -0.15) is 0 Å². The van der Waals surface area contributed by atoms with E-state index in [-0.39, 0.29) is 12.4 Å². The van der Waals surface area contributed by atoms with Crippen molar-refractivity contribution in [2.24, 2.45) is 4.99 Å². The second-order valence-electron chi connectivity index (χ2n) is 7.69. The molecule has 7 nitrogen and oxygen atoms in total. The Labute approximate surface area is 175 Å². The molecule has 1 aliphatic rings. The maximum absolute atomic E-state index is 11.1. The van der Waals surface area contributed by atoms with Gasteiger partial charge in [0.1, 0.15) is 9.84 Å². The number of hydrogen-bond donors (Lipinski definition) is 2. The van der Waals surface area contributed by atoms with Crippen molar-refractivity contribution in [3.8, 4) is 0 Å². The summed E-state index contributed by atoms with van der Waals surface area (Å²) in [5.74, 6) is 0.854. The Kier molecular flexibility index (Phi) is 9.90. The molecule has 0 atom stereocenters. The summed E-state index contributed by atoms with van der Waals surface area (Å²) in [6, 6.07) is 9.14. The molecule has 1 aliphatic heterocycles. The summed E-state index contributed by atoms with van der Waals surface area (Å²) >= 11 is 0. The van der Waals surface area contributed by atoms with Crippen molar-refractivity contribution in [2.75, 3.05) is 51.4 Å². The maximum Gasteiger partial charge on any atom is 0.191 e. The van der Waals surface area contributed by atoms with E-state index in [0.717, 1.165) is 45.0 Å². The third-order valence-electron chi connectivity index (χ3n) is 4.87. The first-order chi connectivity index (χ1) is 13.9. The molecule has 0 spiro atoms. The number of rotatable bonds is 10. The van der Waals surface area contributed by atoms with Crippen LogP contribution in [0, 0.1) is 6.92 Å². The summed E-state index contributed by atoms with van der Waals surface area (Å²) in [4.78, 5) is 7.05. The van der Waals surface area contributed by atoms with Crippen LogP contribution >= 0.6 is 0 Å². The van der Waals surface area contributed by atoms with Crippen LogP contribution < -0.4 is 10.6 Å². The van der Waals surface area contributed by atoms with E-state index in [4.69, 9.17) is 4.74 Å². The summed E-state index contributed by atoms with van der Waals surface area (Å²) in [5, 5.41) is 6.80. The van der Waals surface area contributed by atoms with Crippen molar-refractivity contribution in [2.45, 2.75) is 39.3 Å². The van der Waals surface area contributed by atoms with Gasteiger partial charge in [0.25, 0.3) is 0 Å². The summed E-state index contributed by atoms with van der Waals surface area (Å²) in [7, 11) is -2.97. The highest BCUT2D eigenvalue weighted by molar-refractivity contribution is 7.90. The van der Waals surface area contributed by atoms with Gasteiger partial charge in [-0.05, 0) is 32.3 Å². The number of benzene rings is 1. The maximum atomic E-state index is 11.1. The highest BCUT2D eigenvalue weighted by atomic mass is 32.2. The lowest BCUT2D eigenvalue weighted by Crippen LogP contribution is -2.48. The fourth-order valence-corrected chi connectivity index (χ4v) is 3.77. The average Bonchev–Trinajstić information content (AvgIpc) is 2.65. The molecule has 2 rings (SSSR count). The molecule has 1 aromatic carbocycles. The fraction of sp³-hybridized carbons (Fsp3) is 0.667. The first kappa shape index (κ1) is 23.6. The Morgan fingerprint density at radius 2 is 2.03 bits per heavy atom. The molecule has 1 fully saturated rings. The summed E-state index contributed by atoms with van der Waals surface area (Å²) in [6.45, 7) is 9.27. The molecule has 1 saturated heterocycles. The van der Waals surface area contributed by atoms with Crippen LogP contribution in [-0.4, -0.2) is 76.7 Å². The van der Waals surface area contributed by atoms with E-state index >= 15 is 0 Å². The highest BCUT2D eigenvalue weighted by Crippen LogP contribution is 2.14. The number of nitrogens with zero attached hydrogens (tertiary/aromatic N) is 2. The molecule has 8 heteroatoms. The highest BCUT2D eigenvalue weighted by Gasteiger charge is 2.20. The molecule has 0 amide bonds. The van der Waals surface area contributed by atoms with Crippen molar-refractivity contribution >= 4 is 15.8 Å². The zero-order valence-electron chi connectivity index (χ0n) is 18.0. The van der Waals surface area contributed by atoms with Gasteiger partial charge in [0.15, 0.2) is 5.96 Å². The average molecular weight is 425 g/mol. The van der Waals surface area contributed by atoms with Gasteiger partial charge in [-0.1, -0.05) is 29.8 Å². The van der Waals surface area contributed by atoms with Crippen LogP contribution in [0.3, 0.4) is 0 Å². The predicted molar refractivity (Wildman–Crippen MR) is 119 cm³/mol. The Morgan fingerprint density at radius 3 is 2.69 bits per heavy atom. The molecule has 0 unspecified atom stereocenters. The van der Waals surface area contributed by atoms with Crippen LogP contribution in [0.1, 0.15) is 30.9 Å². The van der Waals surface area contributed by atoms with Crippen LogP contribution in [0.15, 0.2) is 29.3 Å². The first-order valence-electron chi connectivity index (χ1n) is 10.4. The number of likely N-dealkylation sites (tertiary alicyclic amines) is 1. The lowest BCUT2D eigenvalue weighted by Gasteiger charge is -2.33. The van der Waals surface area contributed by atoms with Gasteiger partial charge in [0, 0.05) is 38.5 Å². The fourth-order valence-electron chi connectivity index (χ4n) is 3.35. The molecule has 0 radical (unpaired) electrons. The molecule has 0 aliphatic carbocycles. The summed E-state index contributed by atoms with van der Waals surface area (Å²) < 4.78 is 27.5. The number of ether oxygens (including phenoxy) is 1. The molecule has 0 bridgehead atoms. The Morgan fingerprint density at radius 1 is 1.28 bits per heavy atom.